The highest BCUT2D eigenvalue weighted by Crippen LogP contribution is 2.42. The molecule has 0 aliphatic carbocycles. The van der Waals surface area contributed by atoms with Crippen molar-refractivity contribution in [1.82, 2.24) is 4.57 Å². The maximum absolute atomic E-state index is 7.01. The summed E-state index contributed by atoms with van der Waals surface area (Å²) in [5.41, 5.74) is 20.1. The van der Waals surface area contributed by atoms with E-state index in [1.807, 2.05) is 0 Å². The Morgan fingerprint density at radius 1 is 0.538 bits per heavy atom. The van der Waals surface area contributed by atoms with E-state index in [2.05, 4.69) is 180 Å². The average Bonchev–Trinajstić information content (AvgIpc) is 3.47. The Morgan fingerprint density at radius 3 is 1.87 bits per heavy atom. The smallest absolute Gasteiger partial charge is 0.256 e. The summed E-state index contributed by atoms with van der Waals surface area (Å²) in [5.74, 6) is 1.90. The summed E-state index contributed by atoms with van der Waals surface area (Å²) < 4.78 is 9.55. The second-order valence-corrected chi connectivity index (χ2v) is 16.0. The molecule has 10 rings (SSSR count). The molecule has 0 bridgehead atoms. The van der Waals surface area contributed by atoms with Crippen LogP contribution in [0, 0.1) is 20.8 Å². The van der Waals surface area contributed by atoms with Crippen molar-refractivity contribution in [3.63, 3.8) is 0 Å². The number of benzene rings is 7. The molecule has 0 atom stereocenters. The molecule has 8 aromatic rings. The Morgan fingerprint density at radius 2 is 1.17 bits per heavy atom. The van der Waals surface area contributed by atoms with E-state index >= 15 is 0 Å². The highest BCUT2D eigenvalue weighted by atomic mass is 16.5. The zero-order chi connectivity index (χ0) is 35.5. The van der Waals surface area contributed by atoms with Crippen molar-refractivity contribution in [3.8, 4) is 50.6 Å². The Hall–Kier alpha value is -5.80. The van der Waals surface area contributed by atoms with Crippen molar-refractivity contribution < 1.29 is 4.74 Å². The number of rotatable bonds is 3. The van der Waals surface area contributed by atoms with E-state index < -0.39 is 0 Å². The molecule has 7 aromatic carbocycles. The normalized spacial score (nSPS) is 12.9. The molecule has 3 heteroatoms. The molecular weight excluding hydrogens is 629 g/mol. The molecule has 0 saturated carbocycles. The van der Waals surface area contributed by atoms with Gasteiger partial charge in [0.05, 0.1) is 5.52 Å². The standard InChI is InChI=1S/C49H40BNO/c1-29-21-30(2)46(31(3)22-29)35-18-20-44-40(25-35)50-41-26-36(33-15-11-8-12-16-33)24-39-38-23-34(32-13-9-7-10-14-32)17-19-42(38)51(48(39)41)43-27-37(49(4,5)6)28-45(52-44)47(43)50/h7-28H,1-6H3. The lowest BCUT2D eigenvalue weighted by atomic mass is 9.34. The van der Waals surface area contributed by atoms with Crippen LogP contribution in [0.1, 0.15) is 43.0 Å². The first kappa shape index (κ1) is 31.0. The Labute approximate surface area is 306 Å². The number of ether oxygens (including phenoxy) is 1. The SMILES string of the molecule is Cc1cc(C)c(-c2ccc3c(c2)B2c4c(cc(C(C)(C)C)cc4-n4c5ccc(-c6ccccc6)cc5c5cc(-c6ccccc6)cc2c54)O3)c(C)c1. The van der Waals surface area contributed by atoms with Gasteiger partial charge in [-0.15, -0.1) is 0 Å². The van der Waals surface area contributed by atoms with Gasteiger partial charge in [0.15, 0.2) is 0 Å². The van der Waals surface area contributed by atoms with E-state index in [-0.39, 0.29) is 12.1 Å². The van der Waals surface area contributed by atoms with Crippen LogP contribution in [0.2, 0.25) is 0 Å². The summed E-state index contributed by atoms with van der Waals surface area (Å²) in [4.78, 5) is 0. The number of aryl methyl sites for hydroxylation is 3. The molecule has 250 valence electrons. The van der Waals surface area contributed by atoms with Crippen molar-refractivity contribution in [1.29, 1.82) is 0 Å². The summed E-state index contributed by atoms with van der Waals surface area (Å²) in [6, 6.07) is 49.8. The highest BCUT2D eigenvalue weighted by Gasteiger charge is 2.42. The number of hydrogen-bond acceptors (Lipinski definition) is 1. The van der Waals surface area contributed by atoms with Crippen molar-refractivity contribution in [2.75, 3.05) is 0 Å². The van der Waals surface area contributed by atoms with E-state index in [0.29, 0.717) is 0 Å². The van der Waals surface area contributed by atoms with Crippen LogP contribution in [-0.4, -0.2) is 11.3 Å². The Balaban J connectivity index is 1.34. The van der Waals surface area contributed by atoms with Crippen LogP contribution in [0.3, 0.4) is 0 Å². The lowest BCUT2D eigenvalue weighted by Crippen LogP contribution is -2.58. The third-order valence-corrected chi connectivity index (χ3v) is 11.4. The third kappa shape index (κ3) is 4.58. The van der Waals surface area contributed by atoms with Crippen LogP contribution in [-0.2, 0) is 5.41 Å². The maximum Gasteiger partial charge on any atom is 0.256 e. The molecule has 52 heavy (non-hydrogen) atoms. The van der Waals surface area contributed by atoms with Crippen LogP contribution in [0.25, 0.3) is 60.9 Å². The minimum Gasteiger partial charge on any atom is -0.458 e. The maximum atomic E-state index is 7.01. The van der Waals surface area contributed by atoms with E-state index in [4.69, 9.17) is 4.74 Å². The van der Waals surface area contributed by atoms with Gasteiger partial charge in [0, 0.05) is 22.0 Å². The van der Waals surface area contributed by atoms with E-state index in [1.165, 1.54) is 99.5 Å². The Kier molecular flexibility index (Phi) is 6.61. The van der Waals surface area contributed by atoms with Crippen molar-refractivity contribution in [2.45, 2.75) is 47.0 Å². The first-order valence-corrected chi connectivity index (χ1v) is 18.5. The van der Waals surface area contributed by atoms with Gasteiger partial charge in [-0.1, -0.05) is 123 Å². The molecule has 0 spiro atoms. The zero-order valence-corrected chi connectivity index (χ0v) is 30.6. The Bertz CT molecular complexity index is 2740. The monoisotopic (exact) mass is 669 g/mol. The number of aromatic nitrogens is 1. The van der Waals surface area contributed by atoms with E-state index in [1.54, 1.807) is 0 Å². The average molecular weight is 670 g/mol. The fraction of sp³-hybridized carbons (Fsp3) is 0.143. The van der Waals surface area contributed by atoms with Crippen LogP contribution >= 0.6 is 0 Å². The molecule has 2 aliphatic rings. The fourth-order valence-corrected chi connectivity index (χ4v) is 9.12. The molecule has 1 aromatic heterocycles. The van der Waals surface area contributed by atoms with Gasteiger partial charge >= 0.3 is 0 Å². The summed E-state index contributed by atoms with van der Waals surface area (Å²) in [7, 11) is 0. The molecule has 3 heterocycles. The van der Waals surface area contributed by atoms with Gasteiger partial charge in [-0.2, -0.15) is 0 Å². The first-order chi connectivity index (χ1) is 25.1. The lowest BCUT2D eigenvalue weighted by molar-refractivity contribution is 0.483. The summed E-state index contributed by atoms with van der Waals surface area (Å²) in [6.07, 6.45) is 0. The molecule has 2 aliphatic heterocycles. The highest BCUT2D eigenvalue weighted by molar-refractivity contribution is 6.99. The van der Waals surface area contributed by atoms with Crippen LogP contribution in [0.4, 0.5) is 0 Å². The summed E-state index contributed by atoms with van der Waals surface area (Å²) >= 11 is 0. The summed E-state index contributed by atoms with van der Waals surface area (Å²) in [6.45, 7) is 13.6. The van der Waals surface area contributed by atoms with Gasteiger partial charge in [-0.25, -0.2) is 0 Å². The van der Waals surface area contributed by atoms with Crippen molar-refractivity contribution in [3.05, 3.63) is 156 Å². The fourth-order valence-electron chi connectivity index (χ4n) is 9.12. The van der Waals surface area contributed by atoms with Crippen LogP contribution < -0.4 is 21.1 Å². The minimum atomic E-state index is -0.0605. The predicted octanol–water partition coefficient (Wildman–Crippen LogP) is 10.9. The molecule has 0 fully saturated rings. The van der Waals surface area contributed by atoms with Gasteiger partial charge in [0.25, 0.3) is 6.71 Å². The van der Waals surface area contributed by atoms with Crippen LogP contribution in [0.15, 0.2) is 133 Å². The largest absolute Gasteiger partial charge is 0.458 e. The van der Waals surface area contributed by atoms with Gasteiger partial charge in [0.1, 0.15) is 11.5 Å². The topological polar surface area (TPSA) is 14.2 Å². The minimum absolute atomic E-state index is 0.00495. The van der Waals surface area contributed by atoms with E-state index in [0.717, 1.165) is 11.5 Å². The first-order valence-electron chi connectivity index (χ1n) is 18.5. The predicted molar refractivity (Wildman–Crippen MR) is 221 cm³/mol. The van der Waals surface area contributed by atoms with Gasteiger partial charge < -0.3 is 9.30 Å². The molecular formula is C49H40BNO. The summed E-state index contributed by atoms with van der Waals surface area (Å²) in [5, 5.41) is 2.55. The molecule has 0 saturated heterocycles. The van der Waals surface area contributed by atoms with Crippen LogP contribution in [0.5, 0.6) is 11.5 Å². The van der Waals surface area contributed by atoms with Crippen molar-refractivity contribution in [2.24, 2.45) is 0 Å². The zero-order valence-electron chi connectivity index (χ0n) is 30.6. The lowest BCUT2D eigenvalue weighted by Gasteiger charge is -2.35. The third-order valence-electron chi connectivity index (χ3n) is 11.4. The van der Waals surface area contributed by atoms with Crippen molar-refractivity contribution >= 4 is 44.9 Å². The number of nitrogens with zero attached hydrogens (tertiary/aromatic N) is 1. The second-order valence-electron chi connectivity index (χ2n) is 16.0. The quantitative estimate of drug-likeness (QED) is 0.171. The molecule has 2 nitrogen and oxygen atoms in total. The molecule has 0 N–H and O–H groups in total. The second kappa shape index (κ2) is 11.1. The van der Waals surface area contributed by atoms with Gasteiger partial charge in [-0.05, 0) is 129 Å². The molecule has 0 amide bonds. The van der Waals surface area contributed by atoms with Gasteiger partial charge in [-0.3, -0.25) is 0 Å². The molecule has 0 unspecified atom stereocenters. The number of fused-ring (bicyclic) bond motifs is 7. The van der Waals surface area contributed by atoms with Gasteiger partial charge in [0.2, 0.25) is 0 Å². The number of hydrogen-bond donors (Lipinski definition) is 0. The molecule has 0 radical (unpaired) electrons. The van der Waals surface area contributed by atoms with E-state index in [9.17, 15) is 0 Å².